The van der Waals surface area contributed by atoms with Crippen LogP contribution in [0.4, 0.5) is 10.1 Å². The van der Waals surface area contributed by atoms with Gasteiger partial charge in [-0.1, -0.05) is 19.1 Å². The lowest BCUT2D eigenvalue weighted by Crippen LogP contribution is -2.46. The average Bonchev–Trinajstić information content (AvgIpc) is 3.11. The molecule has 2 aliphatic heterocycles. The van der Waals surface area contributed by atoms with Crippen molar-refractivity contribution in [1.29, 1.82) is 0 Å². The second kappa shape index (κ2) is 10.3. The SMILES string of the molecule is CCCOc1ccc(N2C(=O)C[C@@H](N3CCC(CCc4cccc(F)c4)CC3)C2=O)cc1. The number of aryl methyl sites for hydroxylation is 1. The quantitative estimate of drug-likeness (QED) is 0.566. The third-order valence-electron chi connectivity index (χ3n) is 6.51. The summed E-state index contributed by atoms with van der Waals surface area (Å²) in [7, 11) is 0. The van der Waals surface area contributed by atoms with Gasteiger partial charge in [-0.2, -0.15) is 0 Å². The fraction of sp³-hybridized carbons (Fsp3) is 0.462. The average molecular weight is 439 g/mol. The molecule has 2 saturated heterocycles. The molecule has 5 nitrogen and oxygen atoms in total. The van der Waals surface area contributed by atoms with Crippen LogP contribution in [0.1, 0.15) is 44.6 Å². The molecule has 2 aromatic carbocycles. The summed E-state index contributed by atoms with van der Waals surface area (Å²) in [6.07, 6.45) is 5.05. The molecule has 170 valence electrons. The second-order valence-electron chi connectivity index (χ2n) is 8.78. The number of halogens is 1. The minimum absolute atomic E-state index is 0.129. The molecule has 0 bridgehead atoms. The van der Waals surface area contributed by atoms with E-state index in [1.54, 1.807) is 24.3 Å². The summed E-state index contributed by atoms with van der Waals surface area (Å²) in [5, 5.41) is 0. The number of amides is 2. The van der Waals surface area contributed by atoms with E-state index < -0.39 is 0 Å². The molecule has 0 aliphatic carbocycles. The molecule has 1 atom stereocenters. The highest BCUT2D eigenvalue weighted by molar-refractivity contribution is 6.22. The molecule has 32 heavy (non-hydrogen) atoms. The largest absolute Gasteiger partial charge is 0.494 e. The van der Waals surface area contributed by atoms with Crippen molar-refractivity contribution in [2.24, 2.45) is 5.92 Å². The Balaban J connectivity index is 1.30. The van der Waals surface area contributed by atoms with E-state index in [0.717, 1.165) is 56.5 Å². The standard InChI is InChI=1S/C26H31FN2O3/c1-2-16-32-23-10-8-22(9-11-23)29-25(30)18-24(26(29)31)28-14-12-19(13-15-28)6-7-20-4-3-5-21(27)17-20/h3-5,8-11,17,19,24H,2,6-7,12-16,18H2,1H3/t24-/m1/s1. The van der Waals surface area contributed by atoms with Gasteiger partial charge in [-0.05, 0) is 93.1 Å². The van der Waals surface area contributed by atoms with Crippen molar-refractivity contribution in [2.45, 2.75) is 51.5 Å². The molecule has 4 rings (SSSR count). The Kier molecular flexibility index (Phi) is 7.20. The molecule has 0 unspecified atom stereocenters. The van der Waals surface area contributed by atoms with Crippen molar-refractivity contribution in [3.05, 3.63) is 59.9 Å². The van der Waals surface area contributed by atoms with Crippen molar-refractivity contribution in [2.75, 3.05) is 24.6 Å². The number of ether oxygens (including phenoxy) is 1. The third-order valence-corrected chi connectivity index (χ3v) is 6.51. The number of carbonyl (C=O) groups is 2. The van der Waals surface area contributed by atoms with Crippen LogP contribution in [0.15, 0.2) is 48.5 Å². The predicted molar refractivity (Wildman–Crippen MR) is 122 cm³/mol. The van der Waals surface area contributed by atoms with Gasteiger partial charge in [0.1, 0.15) is 11.6 Å². The van der Waals surface area contributed by atoms with Crippen molar-refractivity contribution in [3.8, 4) is 5.75 Å². The fourth-order valence-corrected chi connectivity index (χ4v) is 4.70. The molecule has 2 fully saturated rings. The third kappa shape index (κ3) is 5.18. The summed E-state index contributed by atoms with van der Waals surface area (Å²) in [6, 6.07) is 13.6. The molecule has 0 N–H and O–H groups in total. The zero-order chi connectivity index (χ0) is 22.5. The van der Waals surface area contributed by atoms with Gasteiger partial charge in [0, 0.05) is 0 Å². The maximum Gasteiger partial charge on any atom is 0.251 e. The van der Waals surface area contributed by atoms with Crippen molar-refractivity contribution in [1.82, 2.24) is 4.90 Å². The van der Waals surface area contributed by atoms with E-state index in [4.69, 9.17) is 4.74 Å². The molecular formula is C26H31FN2O3. The Morgan fingerprint density at radius 1 is 1.06 bits per heavy atom. The number of hydrogen-bond donors (Lipinski definition) is 0. The highest BCUT2D eigenvalue weighted by Gasteiger charge is 2.43. The summed E-state index contributed by atoms with van der Waals surface area (Å²) in [5.74, 6) is 0.848. The summed E-state index contributed by atoms with van der Waals surface area (Å²) in [6.45, 7) is 4.31. The number of benzene rings is 2. The molecule has 2 aromatic rings. The van der Waals surface area contributed by atoms with Crippen molar-refractivity contribution in [3.63, 3.8) is 0 Å². The molecule has 6 heteroatoms. The normalized spacial score (nSPS) is 20.2. The first-order chi connectivity index (χ1) is 15.5. The number of anilines is 1. The summed E-state index contributed by atoms with van der Waals surface area (Å²) >= 11 is 0. The smallest absolute Gasteiger partial charge is 0.251 e. The fourth-order valence-electron chi connectivity index (χ4n) is 4.70. The minimum atomic E-state index is -0.373. The Morgan fingerprint density at radius 2 is 1.81 bits per heavy atom. The monoisotopic (exact) mass is 438 g/mol. The maximum atomic E-state index is 13.4. The lowest BCUT2D eigenvalue weighted by molar-refractivity contribution is -0.123. The Bertz CT molecular complexity index is 938. The zero-order valence-electron chi connectivity index (χ0n) is 18.6. The second-order valence-corrected chi connectivity index (χ2v) is 8.78. The van der Waals surface area contributed by atoms with Crippen LogP contribution < -0.4 is 9.64 Å². The molecule has 0 saturated carbocycles. The van der Waals surface area contributed by atoms with Crippen LogP contribution in [-0.4, -0.2) is 42.5 Å². The zero-order valence-corrected chi connectivity index (χ0v) is 18.6. The topological polar surface area (TPSA) is 49.9 Å². The summed E-state index contributed by atoms with van der Waals surface area (Å²) < 4.78 is 19.0. The number of imide groups is 1. The van der Waals surface area contributed by atoms with E-state index in [0.29, 0.717) is 18.2 Å². The lowest BCUT2D eigenvalue weighted by atomic mass is 9.90. The molecule has 0 aromatic heterocycles. The first-order valence-electron chi connectivity index (χ1n) is 11.6. The van der Waals surface area contributed by atoms with Crippen LogP contribution in [0.3, 0.4) is 0 Å². The Hall–Kier alpha value is -2.73. The van der Waals surface area contributed by atoms with Crippen LogP contribution in [0.2, 0.25) is 0 Å². The van der Waals surface area contributed by atoms with E-state index in [9.17, 15) is 14.0 Å². The molecule has 0 spiro atoms. The van der Waals surface area contributed by atoms with Crippen LogP contribution in [0.5, 0.6) is 5.75 Å². The van der Waals surface area contributed by atoms with E-state index in [2.05, 4.69) is 4.90 Å². The molecule has 0 radical (unpaired) electrons. The highest BCUT2D eigenvalue weighted by atomic mass is 19.1. The number of rotatable bonds is 8. The maximum absolute atomic E-state index is 13.4. The van der Waals surface area contributed by atoms with E-state index in [-0.39, 0.29) is 30.1 Å². The van der Waals surface area contributed by atoms with Gasteiger partial charge in [0.05, 0.1) is 24.8 Å². The number of nitrogens with zero attached hydrogens (tertiary/aromatic N) is 2. The predicted octanol–water partition coefficient (Wildman–Crippen LogP) is 4.59. The van der Waals surface area contributed by atoms with E-state index >= 15 is 0 Å². The van der Waals surface area contributed by atoms with Gasteiger partial charge in [-0.3, -0.25) is 14.5 Å². The van der Waals surface area contributed by atoms with Crippen LogP contribution in [0.25, 0.3) is 0 Å². The van der Waals surface area contributed by atoms with Crippen molar-refractivity contribution < 1.29 is 18.7 Å². The van der Waals surface area contributed by atoms with E-state index in [1.807, 2.05) is 25.1 Å². The first kappa shape index (κ1) is 22.5. The lowest BCUT2D eigenvalue weighted by Gasteiger charge is -2.34. The number of carbonyl (C=O) groups excluding carboxylic acids is 2. The first-order valence-corrected chi connectivity index (χ1v) is 11.6. The van der Waals surface area contributed by atoms with Gasteiger partial charge in [0.15, 0.2) is 0 Å². The van der Waals surface area contributed by atoms with Gasteiger partial charge in [0.25, 0.3) is 5.91 Å². The van der Waals surface area contributed by atoms with Gasteiger partial charge < -0.3 is 4.74 Å². The van der Waals surface area contributed by atoms with Gasteiger partial charge in [0.2, 0.25) is 5.91 Å². The number of hydrogen-bond acceptors (Lipinski definition) is 4. The Labute approximate surface area is 189 Å². The molecule has 2 amide bonds. The van der Waals surface area contributed by atoms with Gasteiger partial charge >= 0.3 is 0 Å². The highest BCUT2D eigenvalue weighted by Crippen LogP contribution is 2.30. The minimum Gasteiger partial charge on any atom is -0.494 e. The van der Waals surface area contributed by atoms with E-state index in [1.165, 1.54) is 11.0 Å². The summed E-state index contributed by atoms with van der Waals surface area (Å²) in [4.78, 5) is 29.2. The molecule has 2 aliphatic rings. The van der Waals surface area contributed by atoms with Crippen LogP contribution >= 0.6 is 0 Å². The van der Waals surface area contributed by atoms with Crippen molar-refractivity contribution >= 4 is 17.5 Å². The Morgan fingerprint density at radius 3 is 2.50 bits per heavy atom. The molecular weight excluding hydrogens is 407 g/mol. The number of likely N-dealkylation sites (tertiary alicyclic amines) is 1. The molecule has 2 heterocycles. The van der Waals surface area contributed by atoms with Crippen LogP contribution in [-0.2, 0) is 16.0 Å². The van der Waals surface area contributed by atoms with Gasteiger partial charge in [-0.25, -0.2) is 9.29 Å². The van der Waals surface area contributed by atoms with Gasteiger partial charge in [-0.15, -0.1) is 0 Å². The summed E-state index contributed by atoms with van der Waals surface area (Å²) in [5.41, 5.74) is 1.64. The van der Waals surface area contributed by atoms with Crippen LogP contribution in [0, 0.1) is 11.7 Å². The number of piperidine rings is 1.